The molecule has 0 atom stereocenters. The Bertz CT molecular complexity index is 384. The van der Waals surface area contributed by atoms with Gasteiger partial charge in [0.25, 0.3) is 0 Å². The van der Waals surface area contributed by atoms with Crippen molar-refractivity contribution in [3.8, 4) is 0 Å². The van der Waals surface area contributed by atoms with E-state index in [1.807, 2.05) is 0 Å². The fourth-order valence-electron chi connectivity index (χ4n) is 1.86. The lowest BCUT2D eigenvalue weighted by molar-refractivity contribution is 0.245. The van der Waals surface area contributed by atoms with Crippen LogP contribution in [0.2, 0.25) is 5.15 Å². The zero-order valence-electron chi connectivity index (χ0n) is 9.65. The van der Waals surface area contributed by atoms with E-state index >= 15 is 0 Å². The summed E-state index contributed by atoms with van der Waals surface area (Å²) in [4.78, 5) is 10.8. The predicted molar refractivity (Wildman–Crippen MR) is 66.3 cm³/mol. The molecule has 2 rings (SSSR count). The van der Waals surface area contributed by atoms with Crippen molar-refractivity contribution in [1.82, 2.24) is 14.9 Å². The maximum Gasteiger partial charge on any atom is 0.147 e. The van der Waals surface area contributed by atoms with Gasteiger partial charge in [-0.2, -0.15) is 0 Å². The first-order valence-corrected chi connectivity index (χ1v) is 5.95. The first kappa shape index (κ1) is 11.6. The second-order valence-electron chi connectivity index (χ2n) is 4.29. The summed E-state index contributed by atoms with van der Waals surface area (Å²) in [6, 6.07) is 0.606. The Labute approximate surface area is 101 Å². The third-order valence-corrected chi connectivity index (χ3v) is 3.12. The van der Waals surface area contributed by atoms with E-state index in [4.69, 9.17) is 11.6 Å². The number of rotatable bonds is 2. The van der Waals surface area contributed by atoms with Crippen LogP contribution in [-0.2, 0) is 0 Å². The van der Waals surface area contributed by atoms with Gasteiger partial charge in [0.15, 0.2) is 0 Å². The van der Waals surface area contributed by atoms with Crippen LogP contribution in [0, 0.1) is 0 Å². The minimum Gasteiger partial charge on any atom is -0.297 e. The van der Waals surface area contributed by atoms with E-state index in [9.17, 15) is 0 Å². The average molecular weight is 238 g/mol. The summed E-state index contributed by atoms with van der Waals surface area (Å²) in [5.41, 5.74) is 2.23. The molecule has 0 radical (unpaired) electrons. The highest BCUT2D eigenvalue weighted by molar-refractivity contribution is 6.29. The molecular formula is C12H16ClN3. The first-order chi connectivity index (χ1) is 7.66. The standard InChI is InChI=1S/C12H16ClN3/c1-9(2)16-5-3-10(4-6-16)11-7-15-12(13)8-14-11/h3,7-9H,4-6H2,1-2H3. The van der Waals surface area contributed by atoms with Crippen LogP contribution in [0.3, 0.4) is 0 Å². The lowest BCUT2D eigenvalue weighted by Gasteiger charge is -2.29. The molecule has 0 saturated heterocycles. The zero-order valence-corrected chi connectivity index (χ0v) is 10.4. The molecule has 1 aromatic rings. The SMILES string of the molecule is CC(C)N1CC=C(c2cnc(Cl)cn2)CC1. The van der Waals surface area contributed by atoms with E-state index in [2.05, 4.69) is 34.8 Å². The Morgan fingerprint density at radius 3 is 2.62 bits per heavy atom. The molecule has 0 amide bonds. The van der Waals surface area contributed by atoms with Crippen molar-refractivity contribution < 1.29 is 0 Å². The Kier molecular flexibility index (Phi) is 3.56. The summed E-state index contributed by atoms with van der Waals surface area (Å²) in [5, 5.41) is 0.448. The highest BCUT2D eigenvalue weighted by Gasteiger charge is 2.15. The van der Waals surface area contributed by atoms with Crippen molar-refractivity contribution in [2.45, 2.75) is 26.3 Å². The molecule has 0 aromatic carbocycles. The van der Waals surface area contributed by atoms with E-state index in [1.54, 1.807) is 12.4 Å². The van der Waals surface area contributed by atoms with Crippen molar-refractivity contribution >= 4 is 17.2 Å². The van der Waals surface area contributed by atoms with Crippen molar-refractivity contribution in [2.24, 2.45) is 0 Å². The monoisotopic (exact) mass is 237 g/mol. The van der Waals surface area contributed by atoms with E-state index in [-0.39, 0.29) is 0 Å². The van der Waals surface area contributed by atoms with E-state index in [0.29, 0.717) is 11.2 Å². The molecule has 0 aliphatic carbocycles. The van der Waals surface area contributed by atoms with Gasteiger partial charge in [-0.25, -0.2) is 4.98 Å². The summed E-state index contributed by atoms with van der Waals surface area (Å²) in [6.07, 6.45) is 6.63. The fraction of sp³-hybridized carbons (Fsp3) is 0.500. The minimum absolute atomic E-state index is 0.448. The molecule has 0 saturated carbocycles. The Morgan fingerprint density at radius 2 is 2.12 bits per heavy atom. The molecule has 3 nitrogen and oxygen atoms in total. The number of halogens is 1. The van der Waals surface area contributed by atoms with Gasteiger partial charge in [0.2, 0.25) is 0 Å². The molecule has 2 heterocycles. The van der Waals surface area contributed by atoms with Crippen LogP contribution in [0.15, 0.2) is 18.5 Å². The van der Waals surface area contributed by atoms with Crippen LogP contribution in [-0.4, -0.2) is 34.0 Å². The van der Waals surface area contributed by atoms with Gasteiger partial charge in [0.1, 0.15) is 5.15 Å². The molecule has 4 heteroatoms. The Morgan fingerprint density at radius 1 is 1.31 bits per heavy atom. The van der Waals surface area contributed by atoms with Gasteiger partial charge >= 0.3 is 0 Å². The van der Waals surface area contributed by atoms with E-state index < -0.39 is 0 Å². The average Bonchev–Trinajstić information content (AvgIpc) is 2.30. The highest BCUT2D eigenvalue weighted by Crippen LogP contribution is 2.21. The quantitative estimate of drug-likeness (QED) is 0.792. The number of hydrogen-bond donors (Lipinski definition) is 0. The van der Waals surface area contributed by atoms with Crippen molar-refractivity contribution in [1.29, 1.82) is 0 Å². The van der Waals surface area contributed by atoms with Gasteiger partial charge in [-0.1, -0.05) is 17.7 Å². The maximum atomic E-state index is 5.71. The molecule has 0 fully saturated rings. The van der Waals surface area contributed by atoms with Crippen molar-refractivity contribution in [3.05, 3.63) is 29.3 Å². The molecule has 0 unspecified atom stereocenters. The second-order valence-corrected chi connectivity index (χ2v) is 4.68. The molecule has 16 heavy (non-hydrogen) atoms. The van der Waals surface area contributed by atoms with Crippen LogP contribution >= 0.6 is 11.6 Å². The number of hydrogen-bond acceptors (Lipinski definition) is 3. The summed E-state index contributed by atoms with van der Waals surface area (Å²) in [7, 11) is 0. The summed E-state index contributed by atoms with van der Waals surface area (Å²) < 4.78 is 0. The molecular weight excluding hydrogens is 222 g/mol. The van der Waals surface area contributed by atoms with Gasteiger partial charge in [-0.3, -0.25) is 9.88 Å². The smallest absolute Gasteiger partial charge is 0.147 e. The van der Waals surface area contributed by atoms with E-state index in [0.717, 1.165) is 25.2 Å². The summed E-state index contributed by atoms with van der Waals surface area (Å²) >= 11 is 5.71. The summed E-state index contributed by atoms with van der Waals surface area (Å²) in [6.45, 7) is 6.53. The number of aromatic nitrogens is 2. The van der Waals surface area contributed by atoms with Crippen LogP contribution < -0.4 is 0 Å². The molecule has 86 valence electrons. The van der Waals surface area contributed by atoms with Gasteiger partial charge in [-0.15, -0.1) is 0 Å². The topological polar surface area (TPSA) is 29.0 Å². The maximum absolute atomic E-state index is 5.71. The lowest BCUT2D eigenvalue weighted by Crippen LogP contribution is -2.34. The largest absolute Gasteiger partial charge is 0.297 e. The van der Waals surface area contributed by atoms with Crippen LogP contribution in [0.1, 0.15) is 26.0 Å². The third kappa shape index (κ3) is 2.60. The molecule has 0 spiro atoms. The van der Waals surface area contributed by atoms with Crippen molar-refractivity contribution in [3.63, 3.8) is 0 Å². The Hall–Kier alpha value is -0.930. The fourth-order valence-corrected chi connectivity index (χ4v) is 1.96. The van der Waals surface area contributed by atoms with Crippen molar-refractivity contribution in [2.75, 3.05) is 13.1 Å². The zero-order chi connectivity index (χ0) is 11.5. The molecule has 1 aliphatic heterocycles. The first-order valence-electron chi connectivity index (χ1n) is 5.58. The number of nitrogens with zero attached hydrogens (tertiary/aromatic N) is 3. The molecule has 1 aromatic heterocycles. The van der Waals surface area contributed by atoms with Gasteiger partial charge in [0.05, 0.1) is 18.1 Å². The molecule has 1 aliphatic rings. The second kappa shape index (κ2) is 4.93. The Balaban J connectivity index is 2.10. The van der Waals surface area contributed by atoms with Crippen LogP contribution in [0.4, 0.5) is 0 Å². The van der Waals surface area contributed by atoms with Gasteiger partial charge in [-0.05, 0) is 25.8 Å². The molecule has 0 N–H and O–H groups in total. The van der Waals surface area contributed by atoms with E-state index in [1.165, 1.54) is 5.57 Å². The van der Waals surface area contributed by atoms with Crippen LogP contribution in [0.25, 0.3) is 5.57 Å². The summed E-state index contributed by atoms with van der Waals surface area (Å²) in [5.74, 6) is 0. The van der Waals surface area contributed by atoms with Crippen LogP contribution in [0.5, 0.6) is 0 Å². The normalized spacial score (nSPS) is 17.6. The van der Waals surface area contributed by atoms with Gasteiger partial charge in [0, 0.05) is 19.1 Å². The van der Waals surface area contributed by atoms with Gasteiger partial charge < -0.3 is 0 Å². The highest BCUT2D eigenvalue weighted by atomic mass is 35.5. The third-order valence-electron chi connectivity index (χ3n) is 2.92. The molecule has 0 bridgehead atoms. The lowest BCUT2D eigenvalue weighted by atomic mass is 10.0. The predicted octanol–water partition coefficient (Wildman–Crippen LogP) is 2.63. The minimum atomic E-state index is 0.448.